The molecule has 0 saturated carbocycles. The van der Waals surface area contributed by atoms with Crippen LogP contribution in [0.1, 0.15) is 18.1 Å². The van der Waals surface area contributed by atoms with Crippen LogP contribution in [0, 0.1) is 0 Å². The fourth-order valence-electron chi connectivity index (χ4n) is 2.51. The molecule has 1 amide bonds. The summed E-state index contributed by atoms with van der Waals surface area (Å²) < 4.78 is 6.00. The van der Waals surface area contributed by atoms with Gasteiger partial charge >= 0.3 is 0 Å². The molecular weight excluding hydrogens is 382 g/mol. The van der Waals surface area contributed by atoms with Crippen molar-refractivity contribution in [3.8, 4) is 5.75 Å². The number of aliphatic carboxylic acids is 1. The molecule has 0 aliphatic carbocycles. The maximum Gasteiger partial charge on any atom is 0.266 e. The molecule has 1 aliphatic heterocycles. The molecular formula is C20H16NO4S2-. The lowest BCUT2D eigenvalue weighted by molar-refractivity contribution is -0.309. The number of thioether (sulfide) groups is 1. The first-order chi connectivity index (χ1) is 13.0. The summed E-state index contributed by atoms with van der Waals surface area (Å²) in [7, 11) is 0. The van der Waals surface area contributed by atoms with Crippen molar-refractivity contribution in [1.82, 2.24) is 4.90 Å². The monoisotopic (exact) mass is 398 g/mol. The molecule has 2 aromatic carbocycles. The second kappa shape index (κ2) is 8.37. The Morgan fingerprint density at radius 3 is 2.70 bits per heavy atom. The highest BCUT2D eigenvalue weighted by Gasteiger charge is 2.35. The minimum atomic E-state index is -1.34. The molecule has 1 saturated heterocycles. The van der Waals surface area contributed by atoms with Gasteiger partial charge < -0.3 is 14.6 Å². The summed E-state index contributed by atoms with van der Waals surface area (Å²) in [4.78, 5) is 25.0. The lowest BCUT2D eigenvalue weighted by Crippen LogP contribution is -2.48. The third kappa shape index (κ3) is 4.56. The Kier molecular flexibility index (Phi) is 5.93. The van der Waals surface area contributed by atoms with Crippen molar-refractivity contribution in [1.29, 1.82) is 0 Å². The summed E-state index contributed by atoms with van der Waals surface area (Å²) >= 11 is 6.21. The van der Waals surface area contributed by atoms with E-state index in [4.69, 9.17) is 17.0 Å². The number of hydrogen-bond donors (Lipinski definition) is 0. The number of hydrogen-bond acceptors (Lipinski definition) is 6. The zero-order valence-corrected chi connectivity index (χ0v) is 16.1. The van der Waals surface area contributed by atoms with Crippen LogP contribution >= 0.6 is 24.0 Å². The predicted octanol–water partition coefficient (Wildman–Crippen LogP) is 2.61. The molecule has 27 heavy (non-hydrogen) atoms. The van der Waals surface area contributed by atoms with E-state index in [1.165, 1.54) is 6.92 Å². The molecule has 0 aromatic heterocycles. The van der Waals surface area contributed by atoms with E-state index in [2.05, 4.69) is 0 Å². The number of ether oxygens (including phenoxy) is 1. The van der Waals surface area contributed by atoms with Gasteiger partial charge in [0, 0.05) is 0 Å². The molecule has 0 bridgehead atoms. The van der Waals surface area contributed by atoms with Crippen LogP contribution in [0.25, 0.3) is 6.08 Å². The Balaban J connectivity index is 1.74. The van der Waals surface area contributed by atoms with E-state index in [1.54, 1.807) is 6.08 Å². The van der Waals surface area contributed by atoms with Crippen LogP contribution in [0.2, 0.25) is 0 Å². The average molecular weight is 398 g/mol. The van der Waals surface area contributed by atoms with Crippen LogP contribution in [-0.2, 0) is 16.2 Å². The third-order valence-corrected chi connectivity index (χ3v) is 5.29. The van der Waals surface area contributed by atoms with Gasteiger partial charge in [0.2, 0.25) is 0 Å². The van der Waals surface area contributed by atoms with E-state index in [-0.39, 0.29) is 4.32 Å². The molecule has 1 aliphatic rings. The molecule has 7 heteroatoms. The molecule has 0 unspecified atom stereocenters. The zero-order chi connectivity index (χ0) is 19.4. The minimum absolute atomic E-state index is 0.208. The summed E-state index contributed by atoms with van der Waals surface area (Å²) in [5.74, 6) is -1.10. The van der Waals surface area contributed by atoms with Crippen molar-refractivity contribution in [3.63, 3.8) is 0 Å². The number of rotatable bonds is 6. The molecule has 2 aromatic rings. The molecule has 1 fully saturated rings. The van der Waals surface area contributed by atoms with E-state index in [0.717, 1.165) is 27.8 Å². The van der Waals surface area contributed by atoms with Crippen LogP contribution in [0.4, 0.5) is 0 Å². The van der Waals surface area contributed by atoms with Crippen molar-refractivity contribution >= 4 is 46.3 Å². The lowest BCUT2D eigenvalue weighted by Gasteiger charge is -2.23. The number of thiocarbonyl (C=S) groups is 1. The van der Waals surface area contributed by atoms with Crippen molar-refractivity contribution in [2.75, 3.05) is 0 Å². The molecule has 0 N–H and O–H groups in total. The van der Waals surface area contributed by atoms with Gasteiger partial charge in [-0.3, -0.25) is 9.69 Å². The summed E-state index contributed by atoms with van der Waals surface area (Å²) in [6, 6.07) is 16.0. The van der Waals surface area contributed by atoms with Gasteiger partial charge in [-0.15, -0.1) is 0 Å². The van der Waals surface area contributed by atoms with Gasteiger partial charge in [-0.2, -0.15) is 0 Å². The van der Waals surface area contributed by atoms with Crippen molar-refractivity contribution in [2.45, 2.75) is 19.6 Å². The van der Waals surface area contributed by atoms with Crippen LogP contribution in [-0.4, -0.2) is 27.1 Å². The Bertz CT molecular complexity index is 911. The minimum Gasteiger partial charge on any atom is -0.548 e. The Labute approximate surface area is 166 Å². The van der Waals surface area contributed by atoms with Crippen molar-refractivity contribution in [2.24, 2.45) is 0 Å². The van der Waals surface area contributed by atoms with Crippen LogP contribution in [0.5, 0.6) is 5.75 Å². The van der Waals surface area contributed by atoms with Gasteiger partial charge in [0.1, 0.15) is 16.7 Å². The van der Waals surface area contributed by atoms with E-state index >= 15 is 0 Å². The first-order valence-corrected chi connectivity index (χ1v) is 9.43. The maximum atomic E-state index is 12.5. The summed E-state index contributed by atoms with van der Waals surface area (Å²) in [5.41, 5.74) is 1.82. The number of carboxylic acid groups (broad SMARTS) is 1. The topological polar surface area (TPSA) is 69.7 Å². The van der Waals surface area contributed by atoms with E-state index in [1.807, 2.05) is 54.6 Å². The molecule has 0 radical (unpaired) electrons. The number of carboxylic acids is 1. The normalized spacial score (nSPS) is 16.6. The van der Waals surface area contributed by atoms with Gasteiger partial charge in [0.25, 0.3) is 5.91 Å². The number of nitrogens with zero attached hydrogens (tertiary/aromatic N) is 1. The summed E-state index contributed by atoms with van der Waals surface area (Å²) in [6.45, 7) is 1.82. The van der Waals surface area contributed by atoms with E-state index < -0.39 is 17.9 Å². The molecule has 138 valence electrons. The molecule has 5 nitrogen and oxygen atoms in total. The molecule has 1 heterocycles. The fourth-order valence-corrected chi connectivity index (χ4v) is 3.92. The quantitative estimate of drug-likeness (QED) is 0.550. The number of carbonyl (C=O) groups is 2. The van der Waals surface area contributed by atoms with E-state index in [0.29, 0.717) is 17.3 Å². The van der Waals surface area contributed by atoms with Gasteiger partial charge in [-0.1, -0.05) is 66.4 Å². The highest BCUT2D eigenvalue weighted by molar-refractivity contribution is 8.26. The lowest BCUT2D eigenvalue weighted by atomic mass is 10.2. The number of benzene rings is 2. The van der Waals surface area contributed by atoms with Crippen LogP contribution in [0.3, 0.4) is 0 Å². The van der Waals surface area contributed by atoms with E-state index in [9.17, 15) is 14.7 Å². The highest BCUT2D eigenvalue weighted by atomic mass is 32.2. The van der Waals surface area contributed by atoms with Gasteiger partial charge in [-0.25, -0.2) is 0 Å². The van der Waals surface area contributed by atoms with Gasteiger partial charge in [-0.05, 0) is 36.3 Å². The smallest absolute Gasteiger partial charge is 0.266 e. The first kappa shape index (κ1) is 19.1. The largest absolute Gasteiger partial charge is 0.548 e. The molecule has 3 rings (SSSR count). The summed E-state index contributed by atoms with van der Waals surface area (Å²) in [5, 5.41) is 11.1. The zero-order valence-electron chi connectivity index (χ0n) is 14.5. The first-order valence-electron chi connectivity index (χ1n) is 8.20. The molecule has 1 atom stereocenters. The Morgan fingerprint density at radius 2 is 2.00 bits per heavy atom. The van der Waals surface area contributed by atoms with Crippen molar-refractivity contribution < 1.29 is 19.4 Å². The highest BCUT2D eigenvalue weighted by Crippen LogP contribution is 2.34. The van der Waals surface area contributed by atoms with Crippen molar-refractivity contribution in [3.05, 3.63) is 70.6 Å². The second-order valence-electron chi connectivity index (χ2n) is 5.89. The summed E-state index contributed by atoms with van der Waals surface area (Å²) in [6.07, 6.45) is 1.68. The molecule has 0 spiro atoms. The second-order valence-corrected chi connectivity index (χ2v) is 7.57. The standard InChI is InChI=1S/C20H17NO4S2/c1-13(19(23)24)21-18(22)17(27-20(21)26)11-15-8-5-9-16(10-15)25-12-14-6-3-2-4-7-14/h2-11,13H,12H2,1H3,(H,23,24)/p-1/b17-11-/t13-/m0/s1. The average Bonchev–Trinajstić information content (AvgIpc) is 2.94. The number of carbonyl (C=O) groups excluding carboxylic acids is 2. The SMILES string of the molecule is C[C@@H](C(=O)[O-])N1C(=O)/C(=C/c2cccc(OCc3ccccc3)c2)SC1=S. The van der Waals surface area contributed by atoms with Crippen LogP contribution < -0.4 is 9.84 Å². The number of amides is 1. The Hall–Kier alpha value is -2.64. The fraction of sp³-hybridized carbons (Fsp3) is 0.150. The van der Waals surface area contributed by atoms with Gasteiger partial charge in [0.15, 0.2) is 0 Å². The van der Waals surface area contributed by atoms with Gasteiger partial charge in [0.05, 0.1) is 16.9 Å². The maximum absolute atomic E-state index is 12.5. The Morgan fingerprint density at radius 1 is 1.26 bits per heavy atom. The van der Waals surface area contributed by atoms with Crippen LogP contribution in [0.15, 0.2) is 59.5 Å². The third-order valence-electron chi connectivity index (χ3n) is 3.96. The predicted molar refractivity (Wildman–Crippen MR) is 107 cm³/mol.